The molecule has 0 radical (unpaired) electrons. The molecule has 3 heterocycles. The molecule has 3 aromatic rings. The van der Waals surface area contributed by atoms with Crippen molar-refractivity contribution in [2.45, 2.75) is 5.16 Å². The van der Waals surface area contributed by atoms with E-state index in [0.29, 0.717) is 43.3 Å². The van der Waals surface area contributed by atoms with Crippen LogP contribution >= 0.6 is 0 Å². The van der Waals surface area contributed by atoms with Gasteiger partial charge in [-0.15, -0.1) is 0 Å². The molecule has 1 saturated heterocycles. The molecule has 10 nitrogen and oxygen atoms in total. The Hall–Kier alpha value is -2.79. The Kier molecular flexibility index (Phi) is 3.96. The maximum atomic E-state index is 12.3. The van der Waals surface area contributed by atoms with Gasteiger partial charge in [0.1, 0.15) is 0 Å². The summed E-state index contributed by atoms with van der Waals surface area (Å²) in [7, 11) is -3.62. The second kappa shape index (κ2) is 6.18. The third-order valence-corrected chi connectivity index (χ3v) is 4.92. The number of fused-ring (bicyclic) bond motifs is 1. The number of para-hydroxylation sites is 2. The summed E-state index contributed by atoms with van der Waals surface area (Å²) in [5, 5.41) is -0.141. The molecule has 0 spiro atoms. The summed E-state index contributed by atoms with van der Waals surface area (Å²) in [6.45, 7) is 2.35. The first-order chi connectivity index (χ1) is 12.4. The number of nitrogen functional groups attached to an aromatic ring is 1. The molecule has 1 aromatic carbocycles. The van der Waals surface area contributed by atoms with Gasteiger partial charge in [0.05, 0.1) is 24.2 Å². The number of imidazole rings is 1. The summed E-state index contributed by atoms with van der Waals surface area (Å²) in [6.07, 6.45) is 1.10. The van der Waals surface area contributed by atoms with Gasteiger partial charge in [-0.25, -0.2) is 13.4 Å². The number of nitrogens with zero attached hydrogens (tertiary/aromatic N) is 6. The molecule has 2 aromatic heterocycles. The number of nitrogens with two attached hydrogens (primary N) is 1. The quantitative estimate of drug-likeness (QED) is 0.674. The summed E-state index contributed by atoms with van der Waals surface area (Å²) in [5.74, 6) is 0.509. The first-order valence-corrected chi connectivity index (χ1v) is 9.85. The Labute approximate surface area is 149 Å². The van der Waals surface area contributed by atoms with Crippen LogP contribution in [-0.4, -0.2) is 65.5 Å². The maximum Gasteiger partial charge on any atom is 0.243 e. The van der Waals surface area contributed by atoms with E-state index in [1.807, 2.05) is 4.90 Å². The van der Waals surface area contributed by atoms with Crippen molar-refractivity contribution < 1.29 is 13.2 Å². The van der Waals surface area contributed by atoms with E-state index in [4.69, 9.17) is 10.5 Å². The maximum absolute atomic E-state index is 12.3. The minimum absolute atomic E-state index is 0.00808. The highest BCUT2D eigenvalue weighted by molar-refractivity contribution is 7.90. The summed E-state index contributed by atoms with van der Waals surface area (Å²) >= 11 is 0. The molecule has 1 aliphatic rings. The van der Waals surface area contributed by atoms with Crippen LogP contribution in [0.15, 0.2) is 29.4 Å². The van der Waals surface area contributed by atoms with Crippen LogP contribution in [0, 0.1) is 0 Å². The Balaban J connectivity index is 1.94. The van der Waals surface area contributed by atoms with Crippen molar-refractivity contribution >= 4 is 32.8 Å². The molecular weight excluding hydrogens is 358 g/mol. The highest BCUT2D eigenvalue weighted by Gasteiger charge is 2.24. The van der Waals surface area contributed by atoms with Crippen LogP contribution in [0.4, 0.5) is 11.9 Å². The van der Waals surface area contributed by atoms with Crippen molar-refractivity contribution in [2.75, 3.05) is 43.2 Å². The smallest absolute Gasteiger partial charge is 0.243 e. The Morgan fingerprint density at radius 1 is 1.04 bits per heavy atom. The zero-order chi connectivity index (χ0) is 18.3. The van der Waals surface area contributed by atoms with Crippen LogP contribution in [0.5, 0.6) is 0 Å². The highest BCUT2D eigenvalue weighted by atomic mass is 32.2. The monoisotopic (exact) mass is 375 g/mol. The SMILES string of the molecule is CS(=O)(=O)c1nc2ccccc2n1-c1nc(N)nc(N2CCOCC2)n1. The first-order valence-electron chi connectivity index (χ1n) is 7.95. The zero-order valence-corrected chi connectivity index (χ0v) is 14.8. The van der Waals surface area contributed by atoms with E-state index in [2.05, 4.69) is 19.9 Å². The Morgan fingerprint density at radius 2 is 1.73 bits per heavy atom. The average Bonchev–Trinajstić information content (AvgIpc) is 3.02. The average molecular weight is 375 g/mol. The van der Waals surface area contributed by atoms with Crippen LogP contribution in [0.25, 0.3) is 17.0 Å². The molecule has 0 bridgehead atoms. The molecule has 26 heavy (non-hydrogen) atoms. The summed E-state index contributed by atoms with van der Waals surface area (Å²) in [6, 6.07) is 7.06. The van der Waals surface area contributed by atoms with Gasteiger partial charge >= 0.3 is 0 Å². The third kappa shape index (κ3) is 2.95. The van der Waals surface area contributed by atoms with Gasteiger partial charge in [0.25, 0.3) is 0 Å². The lowest BCUT2D eigenvalue weighted by molar-refractivity contribution is 0.122. The van der Waals surface area contributed by atoms with Crippen molar-refractivity contribution in [1.82, 2.24) is 24.5 Å². The normalized spacial score (nSPS) is 15.5. The number of hydrogen-bond acceptors (Lipinski definition) is 9. The first kappa shape index (κ1) is 16.7. The van der Waals surface area contributed by atoms with Gasteiger partial charge < -0.3 is 15.4 Å². The fraction of sp³-hybridized carbons (Fsp3) is 0.333. The van der Waals surface area contributed by atoms with E-state index < -0.39 is 9.84 Å². The molecule has 0 aliphatic carbocycles. The third-order valence-electron chi connectivity index (χ3n) is 3.98. The number of ether oxygens (including phenoxy) is 1. The number of morpholine rings is 1. The molecule has 1 fully saturated rings. The number of sulfone groups is 1. The summed E-state index contributed by atoms with van der Waals surface area (Å²) in [5.41, 5.74) is 6.98. The Bertz CT molecular complexity index is 1070. The molecule has 11 heteroatoms. The molecular formula is C15H17N7O3S. The minimum Gasteiger partial charge on any atom is -0.378 e. The van der Waals surface area contributed by atoms with Crippen molar-refractivity contribution in [2.24, 2.45) is 0 Å². The predicted octanol–water partition coefficient (Wildman–Crippen LogP) is 0.0328. The van der Waals surface area contributed by atoms with E-state index in [-0.39, 0.29) is 17.1 Å². The molecule has 0 atom stereocenters. The number of benzene rings is 1. The summed E-state index contributed by atoms with van der Waals surface area (Å²) in [4.78, 5) is 18.9. The van der Waals surface area contributed by atoms with Crippen LogP contribution in [0.3, 0.4) is 0 Å². The number of aromatic nitrogens is 5. The van der Waals surface area contributed by atoms with Gasteiger partial charge in [-0.1, -0.05) is 12.1 Å². The van der Waals surface area contributed by atoms with Crippen LogP contribution in [0.2, 0.25) is 0 Å². The molecule has 1 aliphatic heterocycles. The van der Waals surface area contributed by atoms with Crippen molar-refractivity contribution in [3.05, 3.63) is 24.3 Å². The standard InChI is InChI=1S/C15H17N7O3S/c1-26(23,24)15-17-10-4-2-3-5-11(10)22(15)14-19-12(16)18-13(20-14)21-6-8-25-9-7-21/h2-5H,6-9H2,1H3,(H2,16,18,19,20). The number of rotatable bonds is 3. The number of anilines is 2. The lowest BCUT2D eigenvalue weighted by atomic mass is 10.3. The van der Waals surface area contributed by atoms with Gasteiger partial charge in [-0.2, -0.15) is 15.0 Å². The van der Waals surface area contributed by atoms with Crippen molar-refractivity contribution in [3.8, 4) is 5.95 Å². The fourth-order valence-corrected chi connectivity index (χ4v) is 3.60. The predicted molar refractivity (Wildman–Crippen MR) is 95.0 cm³/mol. The van der Waals surface area contributed by atoms with Crippen LogP contribution in [0.1, 0.15) is 0 Å². The second-order valence-electron chi connectivity index (χ2n) is 5.88. The molecule has 0 saturated carbocycles. The van der Waals surface area contributed by atoms with Gasteiger partial charge in [-0.05, 0) is 12.1 Å². The molecule has 4 rings (SSSR count). The van der Waals surface area contributed by atoms with Gasteiger partial charge in [0, 0.05) is 19.3 Å². The van der Waals surface area contributed by atoms with Crippen molar-refractivity contribution in [1.29, 1.82) is 0 Å². The van der Waals surface area contributed by atoms with Crippen LogP contribution < -0.4 is 10.6 Å². The lowest BCUT2D eigenvalue weighted by Crippen LogP contribution is -2.37. The largest absolute Gasteiger partial charge is 0.378 e. The zero-order valence-electron chi connectivity index (χ0n) is 14.0. The molecule has 0 unspecified atom stereocenters. The van der Waals surface area contributed by atoms with E-state index in [0.717, 1.165) is 6.26 Å². The van der Waals surface area contributed by atoms with E-state index in [1.54, 1.807) is 24.3 Å². The molecule has 0 amide bonds. The van der Waals surface area contributed by atoms with Gasteiger partial charge in [-0.3, -0.25) is 4.57 Å². The van der Waals surface area contributed by atoms with E-state index in [1.165, 1.54) is 4.57 Å². The lowest BCUT2D eigenvalue weighted by Gasteiger charge is -2.26. The van der Waals surface area contributed by atoms with Gasteiger partial charge in [0.2, 0.25) is 32.8 Å². The minimum atomic E-state index is -3.62. The van der Waals surface area contributed by atoms with E-state index >= 15 is 0 Å². The topological polar surface area (TPSA) is 129 Å². The fourth-order valence-electron chi connectivity index (χ4n) is 2.82. The number of hydrogen-bond donors (Lipinski definition) is 1. The molecule has 2 N–H and O–H groups in total. The van der Waals surface area contributed by atoms with Gasteiger partial charge in [0.15, 0.2) is 0 Å². The molecule has 136 valence electrons. The van der Waals surface area contributed by atoms with E-state index in [9.17, 15) is 8.42 Å². The summed E-state index contributed by atoms with van der Waals surface area (Å²) < 4.78 is 31.2. The van der Waals surface area contributed by atoms with Crippen molar-refractivity contribution in [3.63, 3.8) is 0 Å². The van der Waals surface area contributed by atoms with Crippen LogP contribution in [-0.2, 0) is 14.6 Å². The second-order valence-corrected chi connectivity index (χ2v) is 7.79. The Morgan fingerprint density at radius 3 is 2.46 bits per heavy atom. The highest BCUT2D eigenvalue weighted by Crippen LogP contribution is 2.24.